The van der Waals surface area contributed by atoms with Crippen LogP contribution in [0.15, 0.2) is 24.3 Å². The summed E-state index contributed by atoms with van der Waals surface area (Å²) in [6, 6.07) is 9.21. The lowest BCUT2D eigenvalue weighted by Gasteiger charge is -2.23. The van der Waals surface area contributed by atoms with Crippen molar-refractivity contribution in [3.63, 3.8) is 0 Å². The highest BCUT2D eigenvalue weighted by molar-refractivity contribution is 5.25. The van der Waals surface area contributed by atoms with E-state index in [0.717, 1.165) is 26.0 Å². The van der Waals surface area contributed by atoms with E-state index in [0.29, 0.717) is 18.1 Å². The molecule has 0 aliphatic rings. The molecule has 0 fully saturated rings. The van der Waals surface area contributed by atoms with Gasteiger partial charge in [-0.1, -0.05) is 52.0 Å². The van der Waals surface area contributed by atoms with Gasteiger partial charge in [0.1, 0.15) is 0 Å². The standard InChI is InChI=1S/C18H31NO/c1-6-12-19-18(13-20-15(5)14(3)4)17-10-8-16(7-2)9-11-17/h8-11,14-15,18-19H,6-7,12-13H2,1-5H3. The lowest BCUT2D eigenvalue weighted by Crippen LogP contribution is -2.29. The minimum absolute atomic E-state index is 0.294. The molecule has 2 unspecified atom stereocenters. The van der Waals surface area contributed by atoms with Crippen LogP contribution >= 0.6 is 0 Å². The van der Waals surface area contributed by atoms with Crippen LogP contribution < -0.4 is 5.32 Å². The summed E-state index contributed by atoms with van der Waals surface area (Å²) >= 11 is 0. The molecule has 0 saturated carbocycles. The van der Waals surface area contributed by atoms with Gasteiger partial charge in [-0.25, -0.2) is 0 Å². The van der Waals surface area contributed by atoms with Crippen LogP contribution in [0.4, 0.5) is 0 Å². The summed E-state index contributed by atoms with van der Waals surface area (Å²) in [5.74, 6) is 0.560. The van der Waals surface area contributed by atoms with E-state index in [1.165, 1.54) is 11.1 Å². The fourth-order valence-electron chi connectivity index (χ4n) is 2.02. The summed E-state index contributed by atoms with van der Waals surface area (Å²) in [6.07, 6.45) is 2.54. The highest BCUT2D eigenvalue weighted by Crippen LogP contribution is 2.17. The van der Waals surface area contributed by atoms with Gasteiger partial charge in [-0.15, -0.1) is 0 Å². The number of rotatable bonds is 9. The zero-order chi connectivity index (χ0) is 15.0. The predicted molar refractivity (Wildman–Crippen MR) is 87.1 cm³/mol. The first-order valence-corrected chi connectivity index (χ1v) is 8.02. The number of ether oxygens (including phenoxy) is 1. The maximum Gasteiger partial charge on any atom is 0.0665 e. The lowest BCUT2D eigenvalue weighted by molar-refractivity contribution is 0.0218. The number of hydrogen-bond donors (Lipinski definition) is 1. The van der Waals surface area contributed by atoms with Crippen molar-refractivity contribution >= 4 is 0 Å². The maximum absolute atomic E-state index is 6.01. The molecule has 0 bridgehead atoms. The third kappa shape index (κ3) is 5.64. The molecular formula is C18H31NO. The Bertz CT molecular complexity index is 358. The molecule has 1 rings (SSSR count). The van der Waals surface area contributed by atoms with Gasteiger partial charge in [0.05, 0.1) is 18.8 Å². The van der Waals surface area contributed by atoms with Gasteiger partial charge in [-0.05, 0) is 43.4 Å². The summed E-state index contributed by atoms with van der Waals surface area (Å²) in [5, 5.41) is 3.59. The molecule has 2 atom stereocenters. The Morgan fingerprint density at radius 1 is 1.05 bits per heavy atom. The quantitative estimate of drug-likeness (QED) is 0.724. The Balaban J connectivity index is 2.66. The Morgan fingerprint density at radius 2 is 1.70 bits per heavy atom. The van der Waals surface area contributed by atoms with Crippen LogP contribution in [-0.4, -0.2) is 19.3 Å². The van der Waals surface area contributed by atoms with Gasteiger partial charge in [-0.3, -0.25) is 0 Å². The fraction of sp³-hybridized carbons (Fsp3) is 0.667. The minimum Gasteiger partial charge on any atom is -0.376 e. The van der Waals surface area contributed by atoms with E-state index in [9.17, 15) is 0 Å². The molecule has 0 heterocycles. The summed E-state index contributed by atoms with van der Waals surface area (Å²) in [4.78, 5) is 0. The summed E-state index contributed by atoms with van der Waals surface area (Å²) < 4.78 is 6.01. The maximum atomic E-state index is 6.01. The van der Waals surface area contributed by atoms with Crippen molar-refractivity contribution < 1.29 is 4.74 Å². The topological polar surface area (TPSA) is 21.3 Å². The van der Waals surface area contributed by atoms with E-state index in [-0.39, 0.29) is 0 Å². The molecule has 0 amide bonds. The van der Waals surface area contributed by atoms with Crippen LogP contribution in [0.1, 0.15) is 58.2 Å². The molecule has 2 nitrogen and oxygen atoms in total. The molecule has 0 saturated heterocycles. The van der Waals surface area contributed by atoms with E-state index < -0.39 is 0 Å². The Hall–Kier alpha value is -0.860. The van der Waals surface area contributed by atoms with Gasteiger partial charge in [0, 0.05) is 0 Å². The molecule has 0 radical (unpaired) electrons. The first-order valence-electron chi connectivity index (χ1n) is 8.02. The van der Waals surface area contributed by atoms with Gasteiger partial charge in [0.25, 0.3) is 0 Å². The van der Waals surface area contributed by atoms with Crippen molar-refractivity contribution in [2.24, 2.45) is 5.92 Å². The van der Waals surface area contributed by atoms with Gasteiger partial charge >= 0.3 is 0 Å². The van der Waals surface area contributed by atoms with E-state index in [1.54, 1.807) is 0 Å². The van der Waals surface area contributed by atoms with Gasteiger partial charge < -0.3 is 10.1 Å². The van der Waals surface area contributed by atoms with Gasteiger partial charge in [0.2, 0.25) is 0 Å². The number of aryl methyl sites for hydroxylation is 1. The number of benzene rings is 1. The van der Waals surface area contributed by atoms with Crippen molar-refractivity contribution in [3.05, 3.63) is 35.4 Å². The second-order valence-electron chi connectivity index (χ2n) is 5.88. The van der Waals surface area contributed by atoms with Crippen molar-refractivity contribution in [1.82, 2.24) is 5.32 Å². The molecule has 114 valence electrons. The fourth-order valence-corrected chi connectivity index (χ4v) is 2.02. The van der Waals surface area contributed by atoms with Crippen molar-refractivity contribution in [1.29, 1.82) is 0 Å². The Labute approximate surface area is 124 Å². The van der Waals surface area contributed by atoms with Crippen LogP contribution in [0.2, 0.25) is 0 Å². The SMILES string of the molecule is CCCNC(COC(C)C(C)C)c1ccc(CC)cc1. The monoisotopic (exact) mass is 277 g/mol. The summed E-state index contributed by atoms with van der Waals surface area (Å²) in [6.45, 7) is 12.7. The molecule has 20 heavy (non-hydrogen) atoms. The van der Waals surface area contributed by atoms with Gasteiger partial charge in [0.15, 0.2) is 0 Å². The zero-order valence-corrected chi connectivity index (χ0v) is 13.8. The zero-order valence-electron chi connectivity index (χ0n) is 13.8. The predicted octanol–water partition coefficient (Wildman–Crippen LogP) is 4.35. The van der Waals surface area contributed by atoms with E-state index in [4.69, 9.17) is 4.74 Å². The van der Waals surface area contributed by atoms with Crippen molar-refractivity contribution in [2.75, 3.05) is 13.2 Å². The first kappa shape index (κ1) is 17.2. The molecule has 0 aromatic heterocycles. The van der Waals surface area contributed by atoms with Gasteiger partial charge in [-0.2, -0.15) is 0 Å². The minimum atomic E-state index is 0.294. The normalized spacial score (nSPS) is 14.5. The van der Waals surface area contributed by atoms with Crippen molar-refractivity contribution in [3.8, 4) is 0 Å². The highest BCUT2D eigenvalue weighted by atomic mass is 16.5. The average Bonchev–Trinajstić information content (AvgIpc) is 2.47. The molecular weight excluding hydrogens is 246 g/mol. The number of hydrogen-bond acceptors (Lipinski definition) is 2. The molecule has 0 spiro atoms. The molecule has 1 aromatic rings. The lowest BCUT2D eigenvalue weighted by atomic mass is 10.0. The smallest absolute Gasteiger partial charge is 0.0665 e. The largest absolute Gasteiger partial charge is 0.376 e. The molecule has 1 N–H and O–H groups in total. The molecule has 1 aromatic carbocycles. The molecule has 0 aliphatic heterocycles. The van der Waals surface area contributed by atoms with E-state index >= 15 is 0 Å². The second kappa shape index (κ2) is 9.15. The number of nitrogens with one attached hydrogen (secondary N) is 1. The third-order valence-electron chi connectivity index (χ3n) is 3.90. The average molecular weight is 277 g/mol. The van der Waals surface area contributed by atoms with Crippen LogP contribution in [0.25, 0.3) is 0 Å². The van der Waals surface area contributed by atoms with Crippen LogP contribution in [0.3, 0.4) is 0 Å². The molecule has 2 heteroatoms. The third-order valence-corrected chi connectivity index (χ3v) is 3.90. The highest BCUT2D eigenvalue weighted by Gasteiger charge is 2.14. The summed E-state index contributed by atoms with van der Waals surface area (Å²) in [5.41, 5.74) is 2.71. The van der Waals surface area contributed by atoms with E-state index in [2.05, 4.69) is 64.2 Å². The van der Waals surface area contributed by atoms with Crippen LogP contribution in [-0.2, 0) is 11.2 Å². The Morgan fingerprint density at radius 3 is 2.20 bits per heavy atom. The van der Waals surface area contributed by atoms with Crippen LogP contribution in [0, 0.1) is 5.92 Å². The van der Waals surface area contributed by atoms with E-state index in [1.807, 2.05) is 0 Å². The van der Waals surface area contributed by atoms with Crippen molar-refractivity contribution in [2.45, 2.75) is 59.6 Å². The first-order chi connectivity index (χ1) is 9.58. The summed E-state index contributed by atoms with van der Waals surface area (Å²) in [7, 11) is 0. The van der Waals surface area contributed by atoms with Crippen LogP contribution in [0.5, 0.6) is 0 Å². The Kier molecular flexibility index (Phi) is 7.86. The second-order valence-corrected chi connectivity index (χ2v) is 5.88. The molecule has 0 aliphatic carbocycles.